The summed E-state index contributed by atoms with van der Waals surface area (Å²) < 4.78 is 0.0745. The topological polar surface area (TPSA) is 0 Å². The van der Waals surface area contributed by atoms with Gasteiger partial charge < -0.3 is 0 Å². The normalized spacial score (nSPS) is 11.7. The van der Waals surface area contributed by atoms with Crippen LogP contribution in [0.1, 0.15) is 101 Å². The number of hydrogen-bond acceptors (Lipinski definition) is 0. The van der Waals surface area contributed by atoms with Gasteiger partial charge in [0.25, 0.3) is 0 Å². The summed E-state index contributed by atoms with van der Waals surface area (Å²) in [5.41, 5.74) is 4.46. The van der Waals surface area contributed by atoms with Crippen molar-refractivity contribution < 1.29 is 0 Å². The van der Waals surface area contributed by atoms with E-state index in [0.717, 1.165) is 0 Å². The Kier molecular flexibility index (Phi) is 11.7. The maximum absolute atomic E-state index is 3.83. The lowest BCUT2D eigenvalue weighted by Crippen LogP contribution is -2.10. The van der Waals surface area contributed by atoms with Gasteiger partial charge in [0.15, 0.2) is 0 Å². The third kappa shape index (κ3) is 10.5. The van der Waals surface area contributed by atoms with Crippen LogP contribution in [0.3, 0.4) is 0 Å². The second-order valence-corrected chi connectivity index (χ2v) is 11.0. The smallest absolute Gasteiger partial charge is 0.0452 e. The highest BCUT2D eigenvalue weighted by Crippen LogP contribution is 2.33. The summed E-state index contributed by atoms with van der Waals surface area (Å²) >= 11 is 3.83. The second-order valence-electron chi connectivity index (χ2n) is 9.00. The van der Waals surface area contributed by atoms with E-state index in [1.807, 2.05) is 0 Å². The number of rotatable bonds is 15. The molecule has 0 saturated heterocycles. The highest BCUT2D eigenvalue weighted by molar-refractivity contribution is 9.09. The van der Waals surface area contributed by atoms with Gasteiger partial charge in [-0.05, 0) is 56.2 Å². The molecule has 0 bridgehead atoms. The Morgan fingerprint density at radius 3 is 1.55 bits per heavy atom. The first-order valence-corrected chi connectivity index (χ1v) is 12.7. The van der Waals surface area contributed by atoms with Crippen LogP contribution in [0.15, 0.2) is 54.6 Å². The fourth-order valence-electron chi connectivity index (χ4n) is 4.20. The van der Waals surface area contributed by atoms with Gasteiger partial charge in [0.05, 0.1) is 0 Å². The van der Waals surface area contributed by atoms with Crippen molar-refractivity contribution in [3.05, 3.63) is 71.3 Å². The number of unbranched alkanes of at least 4 members (excludes halogenated alkanes) is 10. The predicted molar refractivity (Wildman–Crippen MR) is 133 cm³/mol. The van der Waals surface area contributed by atoms with E-state index in [1.165, 1.54) is 100 Å². The van der Waals surface area contributed by atoms with Crippen molar-refractivity contribution in [3.8, 4) is 0 Å². The molecule has 0 radical (unpaired) electrons. The van der Waals surface area contributed by atoms with Gasteiger partial charge in [-0.2, -0.15) is 0 Å². The van der Waals surface area contributed by atoms with Crippen LogP contribution in [0.25, 0.3) is 0 Å². The van der Waals surface area contributed by atoms with Crippen LogP contribution in [0.4, 0.5) is 0 Å². The van der Waals surface area contributed by atoms with Crippen LogP contribution in [0, 0.1) is 0 Å². The van der Waals surface area contributed by atoms with Crippen molar-refractivity contribution in [1.29, 1.82) is 0 Å². The van der Waals surface area contributed by atoms with Gasteiger partial charge in [0, 0.05) is 4.32 Å². The Balaban J connectivity index is 1.40. The van der Waals surface area contributed by atoms with Crippen LogP contribution >= 0.6 is 15.9 Å². The third-order valence-corrected chi connectivity index (χ3v) is 6.34. The molecule has 0 aromatic heterocycles. The highest BCUT2D eigenvalue weighted by atomic mass is 79.9. The number of alkyl halides is 1. The molecule has 2 aromatic carbocycles. The van der Waals surface area contributed by atoms with E-state index in [0.29, 0.717) is 0 Å². The molecular formula is C28H41Br. The summed E-state index contributed by atoms with van der Waals surface area (Å²) in [6.07, 6.45) is 17.8. The Morgan fingerprint density at radius 2 is 1.00 bits per heavy atom. The number of aryl methyl sites for hydroxylation is 2. The van der Waals surface area contributed by atoms with Gasteiger partial charge in [-0.3, -0.25) is 0 Å². The van der Waals surface area contributed by atoms with Crippen molar-refractivity contribution >= 4 is 15.9 Å². The lowest BCUT2D eigenvalue weighted by atomic mass is 9.93. The molecule has 0 fully saturated rings. The molecular weight excluding hydrogens is 416 g/mol. The quantitative estimate of drug-likeness (QED) is 0.185. The fourth-order valence-corrected chi connectivity index (χ4v) is 4.59. The van der Waals surface area contributed by atoms with Gasteiger partial charge in [0.1, 0.15) is 0 Å². The van der Waals surface area contributed by atoms with E-state index in [2.05, 4.69) is 84.4 Å². The van der Waals surface area contributed by atoms with Crippen LogP contribution in [0.2, 0.25) is 0 Å². The molecule has 0 aliphatic rings. The monoisotopic (exact) mass is 456 g/mol. The molecule has 0 aliphatic carbocycles. The minimum Gasteiger partial charge on any atom is -0.0807 e. The molecule has 0 atom stereocenters. The molecule has 0 amide bonds. The van der Waals surface area contributed by atoms with E-state index >= 15 is 0 Å². The lowest BCUT2D eigenvalue weighted by molar-refractivity contribution is 0.545. The summed E-state index contributed by atoms with van der Waals surface area (Å²) in [6.45, 7) is 4.49. The van der Waals surface area contributed by atoms with Gasteiger partial charge in [-0.25, -0.2) is 0 Å². The van der Waals surface area contributed by atoms with Gasteiger partial charge in [0.2, 0.25) is 0 Å². The molecule has 0 N–H and O–H groups in total. The molecule has 160 valence electrons. The zero-order valence-corrected chi connectivity index (χ0v) is 20.4. The Bertz CT molecular complexity index is 654. The Hall–Kier alpha value is -1.08. The number of hydrogen-bond donors (Lipinski definition) is 0. The minimum atomic E-state index is 0.0745. The SMILES string of the molecule is CC(C)(Br)c1ccccc1CCCCCCCCCCCCCc1ccccc1. The zero-order valence-electron chi connectivity index (χ0n) is 18.8. The highest BCUT2D eigenvalue weighted by Gasteiger charge is 2.18. The molecule has 0 aliphatic heterocycles. The molecule has 0 heterocycles. The summed E-state index contributed by atoms with van der Waals surface area (Å²) in [6, 6.07) is 19.8. The van der Waals surface area contributed by atoms with Crippen molar-refractivity contribution in [2.24, 2.45) is 0 Å². The van der Waals surface area contributed by atoms with Crippen LogP contribution in [-0.4, -0.2) is 0 Å². The largest absolute Gasteiger partial charge is 0.0807 e. The zero-order chi connectivity index (χ0) is 20.8. The Morgan fingerprint density at radius 1 is 0.552 bits per heavy atom. The summed E-state index contributed by atoms with van der Waals surface area (Å²) in [4.78, 5) is 0. The molecule has 0 saturated carbocycles. The van der Waals surface area contributed by atoms with E-state index < -0.39 is 0 Å². The average molecular weight is 458 g/mol. The first-order chi connectivity index (χ1) is 14.1. The van der Waals surface area contributed by atoms with E-state index in [-0.39, 0.29) is 4.32 Å². The summed E-state index contributed by atoms with van der Waals surface area (Å²) in [7, 11) is 0. The maximum atomic E-state index is 3.83. The first-order valence-electron chi connectivity index (χ1n) is 11.9. The predicted octanol–water partition coefficient (Wildman–Crippen LogP) is 9.39. The molecule has 1 heteroatoms. The molecule has 0 nitrogen and oxygen atoms in total. The van der Waals surface area contributed by atoms with Gasteiger partial charge >= 0.3 is 0 Å². The lowest BCUT2D eigenvalue weighted by Gasteiger charge is -2.21. The third-order valence-electron chi connectivity index (χ3n) is 5.91. The summed E-state index contributed by atoms with van der Waals surface area (Å²) in [5, 5.41) is 0. The average Bonchev–Trinajstić information content (AvgIpc) is 2.72. The van der Waals surface area contributed by atoms with Crippen molar-refractivity contribution in [2.45, 2.75) is 102 Å². The van der Waals surface area contributed by atoms with Gasteiger partial charge in [-0.1, -0.05) is 128 Å². The van der Waals surface area contributed by atoms with Crippen molar-refractivity contribution in [1.82, 2.24) is 0 Å². The molecule has 0 unspecified atom stereocenters. The van der Waals surface area contributed by atoms with Gasteiger partial charge in [-0.15, -0.1) is 0 Å². The van der Waals surface area contributed by atoms with E-state index in [4.69, 9.17) is 0 Å². The maximum Gasteiger partial charge on any atom is 0.0452 e. The molecule has 29 heavy (non-hydrogen) atoms. The Labute approximate surface area is 188 Å². The molecule has 0 spiro atoms. The van der Waals surface area contributed by atoms with Crippen molar-refractivity contribution in [2.75, 3.05) is 0 Å². The molecule has 2 rings (SSSR count). The van der Waals surface area contributed by atoms with Crippen LogP contribution < -0.4 is 0 Å². The van der Waals surface area contributed by atoms with E-state index in [1.54, 1.807) is 0 Å². The van der Waals surface area contributed by atoms with Crippen molar-refractivity contribution in [3.63, 3.8) is 0 Å². The van der Waals surface area contributed by atoms with Crippen LogP contribution in [-0.2, 0) is 17.2 Å². The number of halogens is 1. The first kappa shape index (κ1) is 24.2. The number of benzene rings is 2. The molecule has 2 aromatic rings. The van der Waals surface area contributed by atoms with E-state index in [9.17, 15) is 0 Å². The minimum absolute atomic E-state index is 0.0745. The second kappa shape index (κ2) is 14.0. The fraction of sp³-hybridized carbons (Fsp3) is 0.571. The standard InChI is InChI=1S/C28H41Br/c1-28(2,29)27-24-18-17-23-26(27)22-16-11-9-7-5-3-4-6-8-10-13-19-25-20-14-12-15-21-25/h12,14-15,17-18,20-21,23-24H,3-11,13,16,19,22H2,1-2H3. The summed E-state index contributed by atoms with van der Waals surface area (Å²) in [5.74, 6) is 0. The van der Waals surface area contributed by atoms with Crippen LogP contribution in [0.5, 0.6) is 0 Å².